The first-order chi connectivity index (χ1) is 13.8. The van der Waals surface area contributed by atoms with Gasteiger partial charge in [-0.2, -0.15) is 0 Å². The number of ketones is 2. The van der Waals surface area contributed by atoms with Crippen molar-refractivity contribution in [3.63, 3.8) is 0 Å². The third kappa shape index (κ3) is 3.50. The quantitative estimate of drug-likeness (QED) is 0.462. The predicted molar refractivity (Wildman–Crippen MR) is 124 cm³/mol. The van der Waals surface area contributed by atoms with Crippen LogP contribution in [0.3, 0.4) is 0 Å². The molecule has 1 N–H and O–H groups in total. The summed E-state index contributed by atoms with van der Waals surface area (Å²) in [7, 11) is 1.99. The van der Waals surface area contributed by atoms with Crippen molar-refractivity contribution in [1.29, 1.82) is 0 Å². The fourth-order valence-corrected chi connectivity index (χ4v) is 6.54. The molecule has 0 saturated carbocycles. The average Bonchev–Trinajstić information content (AvgIpc) is 2.58. The number of halogens is 2. The molecule has 0 radical (unpaired) electrons. The highest BCUT2D eigenvalue weighted by Crippen LogP contribution is 2.55. The number of carbonyl (C=O) groups is 2. The number of aromatic hydroxyl groups is 1. The van der Waals surface area contributed by atoms with Crippen LogP contribution in [0.2, 0.25) is 0 Å². The summed E-state index contributed by atoms with van der Waals surface area (Å²) in [6, 6.07) is 3.61. The fourth-order valence-electron chi connectivity index (χ4n) is 5.28. The third-order valence-corrected chi connectivity index (χ3v) is 7.61. The van der Waals surface area contributed by atoms with Gasteiger partial charge in [0.05, 0.1) is 4.47 Å². The van der Waals surface area contributed by atoms with Gasteiger partial charge >= 0.3 is 0 Å². The van der Waals surface area contributed by atoms with E-state index in [1.807, 2.05) is 13.1 Å². The highest BCUT2D eigenvalue weighted by molar-refractivity contribution is 9.11. The smallest absolute Gasteiger partial charge is 0.162 e. The van der Waals surface area contributed by atoms with Crippen molar-refractivity contribution < 1.29 is 14.7 Å². The van der Waals surface area contributed by atoms with Crippen LogP contribution in [0.5, 0.6) is 5.75 Å². The number of benzene rings is 1. The van der Waals surface area contributed by atoms with Crippen LogP contribution in [0.1, 0.15) is 64.9 Å². The molecule has 0 saturated heterocycles. The summed E-state index contributed by atoms with van der Waals surface area (Å²) in [5, 5.41) is 10.9. The van der Waals surface area contributed by atoms with Crippen LogP contribution in [0.15, 0.2) is 43.6 Å². The summed E-state index contributed by atoms with van der Waals surface area (Å²) >= 11 is 6.94. The van der Waals surface area contributed by atoms with Gasteiger partial charge in [0.1, 0.15) is 5.75 Å². The van der Waals surface area contributed by atoms with Crippen LogP contribution < -0.4 is 0 Å². The molecular weight excluding hydrogens is 510 g/mol. The molecule has 1 heterocycles. The largest absolute Gasteiger partial charge is 0.506 e. The molecule has 0 unspecified atom stereocenters. The predicted octanol–water partition coefficient (Wildman–Crippen LogP) is 6.23. The van der Waals surface area contributed by atoms with E-state index in [0.717, 1.165) is 28.7 Å². The fraction of sp³-hybridized carbons (Fsp3) is 0.500. The minimum absolute atomic E-state index is 0.0674. The Bertz CT molecular complexity index is 995. The highest BCUT2D eigenvalue weighted by Gasteiger charge is 2.48. The molecule has 0 amide bonds. The van der Waals surface area contributed by atoms with Crippen molar-refractivity contribution in [3.8, 4) is 5.75 Å². The minimum atomic E-state index is -0.535. The Morgan fingerprint density at radius 1 is 0.900 bits per heavy atom. The Balaban J connectivity index is 2.03. The third-order valence-electron chi connectivity index (χ3n) is 6.55. The second-order valence-electron chi connectivity index (χ2n) is 10.4. The van der Waals surface area contributed by atoms with E-state index >= 15 is 0 Å². The van der Waals surface area contributed by atoms with Crippen LogP contribution in [0.4, 0.5) is 0 Å². The van der Waals surface area contributed by atoms with Gasteiger partial charge in [-0.3, -0.25) is 9.59 Å². The van der Waals surface area contributed by atoms with Gasteiger partial charge in [0.2, 0.25) is 0 Å². The van der Waals surface area contributed by atoms with E-state index in [2.05, 4.69) is 64.5 Å². The molecule has 0 fully saturated rings. The maximum Gasteiger partial charge on any atom is 0.162 e. The second kappa shape index (κ2) is 7.06. The molecule has 0 aromatic heterocycles. The van der Waals surface area contributed by atoms with E-state index in [-0.39, 0.29) is 28.1 Å². The Kier molecular flexibility index (Phi) is 5.13. The van der Waals surface area contributed by atoms with Crippen LogP contribution in [0.25, 0.3) is 0 Å². The molecule has 30 heavy (non-hydrogen) atoms. The first-order valence-electron chi connectivity index (χ1n) is 10.3. The molecule has 0 bridgehead atoms. The van der Waals surface area contributed by atoms with Gasteiger partial charge in [-0.1, -0.05) is 43.6 Å². The highest BCUT2D eigenvalue weighted by atomic mass is 79.9. The zero-order chi connectivity index (χ0) is 22.2. The number of phenols is 1. The molecule has 4 rings (SSSR count). The van der Waals surface area contributed by atoms with E-state index in [4.69, 9.17) is 0 Å². The molecule has 1 aromatic carbocycles. The van der Waals surface area contributed by atoms with E-state index in [0.29, 0.717) is 34.0 Å². The molecule has 2 aliphatic carbocycles. The molecule has 1 aromatic rings. The number of hydrogen-bond donors (Lipinski definition) is 1. The van der Waals surface area contributed by atoms with Crippen LogP contribution in [-0.2, 0) is 9.59 Å². The van der Waals surface area contributed by atoms with Gasteiger partial charge in [-0.05, 0) is 51.7 Å². The first-order valence-corrected chi connectivity index (χ1v) is 11.8. The van der Waals surface area contributed by atoms with Crippen molar-refractivity contribution in [2.75, 3.05) is 7.05 Å². The van der Waals surface area contributed by atoms with Gasteiger partial charge < -0.3 is 10.0 Å². The van der Waals surface area contributed by atoms with Crippen molar-refractivity contribution >= 4 is 43.4 Å². The molecule has 160 valence electrons. The molecule has 1 aliphatic heterocycles. The summed E-state index contributed by atoms with van der Waals surface area (Å²) in [4.78, 5) is 29.0. The first kappa shape index (κ1) is 21.8. The molecular formula is C24H27Br2NO3. The topological polar surface area (TPSA) is 57.6 Å². The summed E-state index contributed by atoms with van der Waals surface area (Å²) < 4.78 is 1.33. The van der Waals surface area contributed by atoms with Gasteiger partial charge in [0.25, 0.3) is 0 Å². The zero-order valence-corrected chi connectivity index (χ0v) is 21.2. The second-order valence-corrected chi connectivity index (χ2v) is 12.2. The average molecular weight is 537 g/mol. The van der Waals surface area contributed by atoms with Crippen LogP contribution in [0, 0.1) is 10.8 Å². The standard InChI is InChI=1S/C24H27Br2NO3/c1-23(2)8-15-20(17(28)10-23)19(13-6-12(25)7-14(26)22(13)30)21-16(27(15)5)9-24(3,4)11-18(21)29/h6-7,19,30H,8-11H2,1-5H3. The lowest BCUT2D eigenvalue weighted by Gasteiger charge is -2.48. The number of hydrogen-bond acceptors (Lipinski definition) is 4. The van der Waals surface area contributed by atoms with Crippen LogP contribution >= 0.6 is 31.9 Å². The normalized spacial score (nSPS) is 23.6. The lowest BCUT2D eigenvalue weighted by Crippen LogP contribution is -2.43. The number of Topliss-reactive ketones (excluding diaryl/α,β-unsaturated/α-hetero) is 2. The number of allylic oxidation sites excluding steroid dienone is 4. The van der Waals surface area contributed by atoms with E-state index in [9.17, 15) is 14.7 Å². The molecule has 0 spiro atoms. The Labute approximate surface area is 194 Å². The van der Waals surface area contributed by atoms with Crippen molar-refractivity contribution in [3.05, 3.63) is 49.2 Å². The summed E-state index contributed by atoms with van der Waals surface area (Å²) in [5.41, 5.74) is 3.64. The summed E-state index contributed by atoms with van der Waals surface area (Å²) in [6.45, 7) is 8.46. The number of carbonyl (C=O) groups excluding carboxylic acids is 2. The summed E-state index contributed by atoms with van der Waals surface area (Å²) in [6.07, 6.45) is 2.41. The van der Waals surface area contributed by atoms with E-state index in [1.54, 1.807) is 6.07 Å². The lowest BCUT2D eigenvalue weighted by molar-refractivity contribution is -0.119. The number of nitrogens with zero attached hydrogens (tertiary/aromatic N) is 1. The van der Waals surface area contributed by atoms with Gasteiger partial charge in [-0.15, -0.1) is 0 Å². The number of phenolic OH excluding ortho intramolecular Hbond substituents is 1. The van der Waals surface area contributed by atoms with Crippen molar-refractivity contribution in [2.45, 2.75) is 59.3 Å². The summed E-state index contributed by atoms with van der Waals surface area (Å²) in [5.74, 6) is -0.315. The van der Waals surface area contributed by atoms with Crippen molar-refractivity contribution in [2.24, 2.45) is 10.8 Å². The monoisotopic (exact) mass is 535 g/mol. The Morgan fingerprint density at radius 2 is 1.37 bits per heavy atom. The van der Waals surface area contributed by atoms with Crippen molar-refractivity contribution in [1.82, 2.24) is 4.90 Å². The van der Waals surface area contributed by atoms with E-state index < -0.39 is 5.92 Å². The van der Waals surface area contributed by atoms with Gasteiger partial charge in [-0.25, -0.2) is 0 Å². The van der Waals surface area contributed by atoms with Gasteiger partial charge in [0.15, 0.2) is 11.6 Å². The lowest BCUT2D eigenvalue weighted by atomic mass is 9.63. The van der Waals surface area contributed by atoms with Gasteiger partial charge in [0, 0.05) is 58.4 Å². The zero-order valence-electron chi connectivity index (χ0n) is 18.0. The number of rotatable bonds is 1. The molecule has 6 heteroatoms. The van der Waals surface area contributed by atoms with Crippen LogP contribution in [-0.4, -0.2) is 28.6 Å². The maximum absolute atomic E-state index is 13.4. The van der Waals surface area contributed by atoms with E-state index in [1.165, 1.54) is 0 Å². The molecule has 4 nitrogen and oxygen atoms in total. The Hall–Kier alpha value is -1.40. The molecule has 3 aliphatic rings. The Morgan fingerprint density at radius 3 is 1.83 bits per heavy atom. The SMILES string of the molecule is CN1C2=C(C(=O)CC(C)(C)C2)C(c2cc(Br)cc(Br)c2O)C2=C1CC(C)(C)CC2=O. The minimum Gasteiger partial charge on any atom is -0.506 e. The molecule has 0 atom stereocenters. The maximum atomic E-state index is 13.4.